The van der Waals surface area contributed by atoms with Crippen molar-refractivity contribution < 1.29 is 9.59 Å². The molecule has 0 spiro atoms. The number of hydrogen-bond donors (Lipinski definition) is 1. The maximum absolute atomic E-state index is 12.6. The molecule has 0 saturated carbocycles. The van der Waals surface area contributed by atoms with Gasteiger partial charge in [-0.05, 0) is 25.0 Å². The third kappa shape index (κ3) is 3.63. The second-order valence-electron chi connectivity index (χ2n) is 6.33. The van der Waals surface area contributed by atoms with Crippen LogP contribution in [-0.2, 0) is 9.59 Å². The third-order valence-corrected chi connectivity index (χ3v) is 5.74. The van der Waals surface area contributed by atoms with E-state index in [1.807, 2.05) is 28.8 Å². The molecule has 1 saturated heterocycles. The Bertz CT molecular complexity index is 599. The number of carbonyl (C=O) groups excluding carboxylic acids is 2. The number of carbonyl (C=O) groups is 2. The predicted molar refractivity (Wildman–Crippen MR) is 92.5 cm³/mol. The van der Waals surface area contributed by atoms with Crippen LogP contribution in [0.1, 0.15) is 19.8 Å². The number of primary amides is 1. The smallest absolute Gasteiger partial charge is 0.242 e. The summed E-state index contributed by atoms with van der Waals surface area (Å²) in [6.45, 7) is 4.74. The van der Waals surface area contributed by atoms with Gasteiger partial charge in [0.1, 0.15) is 0 Å². The van der Waals surface area contributed by atoms with Crippen LogP contribution >= 0.6 is 11.8 Å². The molecule has 1 unspecified atom stereocenters. The fourth-order valence-electron chi connectivity index (χ4n) is 3.31. The average Bonchev–Trinajstić information content (AvgIpc) is 2.54. The third-order valence-electron chi connectivity index (χ3n) is 4.59. The van der Waals surface area contributed by atoms with Crippen molar-refractivity contribution in [2.75, 3.05) is 31.1 Å². The Labute approximate surface area is 141 Å². The predicted octanol–water partition coefficient (Wildman–Crippen LogP) is 1.71. The van der Waals surface area contributed by atoms with Gasteiger partial charge >= 0.3 is 0 Å². The summed E-state index contributed by atoms with van der Waals surface area (Å²) in [5.41, 5.74) is 6.50. The monoisotopic (exact) mass is 333 g/mol. The molecule has 0 aliphatic carbocycles. The van der Waals surface area contributed by atoms with Crippen LogP contribution in [0.3, 0.4) is 0 Å². The van der Waals surface area contributed by atoms with Crippen molar-refractivity contribution >= 4 is 29.3 Å². The molecule has 2 amide bonds. The molecule has 6 heteroatoms. The van der Waals surface area contributed by atoms with E-state index in [4.69, 9.17) is 5.73 Å². The van der Waals surface area contributed by atoms with E-state index in [0.29, 0.717) is 37.7 Å². The Kier molecular flexibility index (Phi) is 4.80. The lowest BCUT2D eigenvalue weighted by molar-refractivity contribution is -0.133. The van der Waals surface area contributed by atoms with E-state index in [9.17, 15) is 9.59 Å². The Balaban J connectivity index is 1.64. The first-order chi connectivity index (χ1) is 11.0. The summed E-state index contributed by atoms with van der Waals surface area (Å²) in [4.78, 5) is 29.1. The molecule has 2 aliphatic rings. The van der Waals surface area contributed by atoms with Gasteiger partial charge in [-0.2, -0.15) is 0 Å². The molecule has 2 heterocycles. The molecule has 2 N–H and O–H groups in total. The molecule has 1 aromatic carbocycles. The standard InChI is InChI=1S/C17H23N3O2S/c1-12-10-20(14-4-2-3-5-15(14)23-12)11-16(21)19-8-6-13(7-9-19)17(18)22/h2-5,12-13H,6-11H2,1H3,(H2,18,22). The van der Waals surface area contributed by atoms with Crippen molar-refractivity contribution in [3.05, 3.63) is 24.3 Å². The molecule has 5 nitrogen and oxygen atoms in total. The van der Waals surface area contributed by atoms with Gasteiger partial charge in [0.25, 0.3) is 0 Å². The summed E-state index contributed by atoms with van der Waals surface area (Å²) in [6.07, 6.45) is 1.37. The summed E-state index contributed by atoms with van der Waals surface area (Å²) in [6, 6.07) is 8.26. The number of thioether (sulfide) groups is 1. The lowest BCUT2D eigenvalue weighted by atomic mass is 9.96. The summed E-state index contributed by atoms with van der Waals surface area (Å²) >= 11 is 1.86. The van der Waals surface area contributed by atoms with E-state index in [2.05, 4.69) is 24.0 Å². The van der Waals surface area contributed by atoms with Crippen LogP contribution in [0, 0.1) is 5.92 Å². The van der Waals surface area contributed by atoms with Crippen molar-refractivity contribution in [2.45, 2.75) is 29.9 Å². The Morgan fingerprint density at radius 2 is 1.96 bits per heavy atom. The van der Waals surface area contributed by atoms with Gasteiger partial charge in [0.15, 0.2) is 0 Å². The zero-order chi connectivity index (χ0) is 16.4. The summed E-state index contributed by atoms with van der Waals surface area (Å²) in [5.74, 6) is -0.180. The summed E-state index contributed by atoms with van der Waals surface area (Å²) in [7, 11) is 0. The van der Waals surface area contributed by atoms with Crippen molar-refractivity contribution in [3.8, 4) is 0 Å². The highest BCUT2D eigenvalue weighted by atomic mass is 32.2. The molecule has 2 aliphatic heterocycles. The number of benzene rings is 1. The van der Waals surface area contributed by atoms with Gasteiger partial charge in [0, 0.05) is 35.7 Å². The SMILES string of the molecule is CC1CN(CC(=O)N2CCC(C(N)=O)CC2)c2ccccc2S1. The zero-order valence-corrected chi connectivity index (χ0v) is 14.2. The maximum Gasteiger partial charge on any atom is 0.242 e. The first kappa shape index (κ1) is 16.2. The Morgan fingerprint density at radius 3 is 2.65 bits per heavy atom. The number of piperidine rings is 1. The van der Waals surface area contributed by atoms with Gasteiger partial charge < -0.3 is 15.5 Å². The minimum Gasteiger partial charge on any atom is -0.369 e. The molecule has 0 bridgehead atoms. The molecule has 0 radical (unpaired) electrons. The lowest BCUT2D eigenvalue weighted by Gasteiger charge is -2.36. The van der Waals surface area contributed by atoms with Crippen LogP contribution in [0.15, 0.2) is 29.2 Å². The number of nitrogens with zero attached hydrogens (tertiary/aromatic N) is 2. The number of likely N-dealkylation sites (tertiary alicyclic amines) is 1. The number of anilines is 1. The van der Waals surface area contributed by atoms with Crippen LogP contribution in [0.25, 0.3) is 0 Å². The number of fused-ring (bicyclic) bond motifs is 1. The molecular formula is C17H23N3O2S. The minimum atomic E-state index is -0.243. The molecule has 23 heavy (non-hydrogen) atoms. The topological polar surface area (TPSA) is 66.6 Å². The molecule has 1 aromatic rings. The van der Waals surface area contributed by atoms with Crippen molar-refractivity contribution in [3.63, 3.8) is 0 Å². The van der Waals surface area contributed by atoms with Gasteiger partial charge in [-0.15, -0.1) is 11.8 Å². The first-order valence-corrected chi connectivity index (χ1v) is 9.00. The highest BCUT2D eigenvalue weighted by Crippen LogP contribution is 2.38. The second kappa shape index (κ2) is 6.83. The maximum atomic E-state index is 12.6. The number of para-hydroxylation sites is 1. The molecule has 124 valence electrons. The van der Waals surface area contributed by atoms with Gasteiger partial charge in [-0.3, -0.25) is 9.59 Å². The summed E-state index contributed by atoms with van der Waals surface area (Å²) in [5, 5.41) is 0.471. The largest absolute Gasteiger partial charge is 0.369 e. The van der Waals surface area contributed by atoms with E-state index in [1.54, 1.807) is 0 Å². The van der Waals surface area contributed by atoms with Crippen LogP contribution < -0.4 is 10.6 Å². The molecule has 0 aromatic heterocycles. The lowest BCUT2D eigenvalue weighted by Crippen LogP contribution is -2.47. The Morgan fingerprint density at radius 1 is 1.26 bits per heavy atom. The van der Waals surface area contributed by atoms with Crippen LogP contribution in [0.2, 0.25) is 0 Å². The van der Waals surface area contributed by atoms with Crippen LogP contribution in [0.4, 0.5) is 5.69 Å². The van der Waals surface area contributed by atoms with E-state index in [0.717, 1.165) is 12.2 Å². The summed E-state index contributed by atoms with van der Waals surface area (Å²) < 4.78 is 0. The number of rotatable bonds is 3. The average molecular weight is 333 g/mol. The number of amides is 2. The van der Waals surface area contributed by atoms with E-state index >= 15 is 0 Å². The van der Waals surface area contributed by atoms with E-state index in [-0.39, 0.29) is 17.7 Å². The fraction of sp³-hybridized carbons (Fsp3) is 0.529. The van der Waals surface area contributed by atoms with E-state index in [1.165, 1.54) is 4.90 Å². The van der Waals surface area contributed by atoms with Gasteiger partial charge in [0.2, 0.25) is 11.8 Å². The number of hydrogen-bond acceptors (Lipinski definition) is 4. The van der Waals surface area contributed by atoms with Gasteiger partial charge in [0.05, 0.1) is 12.2 Å². The zero-order valence-electron chi connectivity index (χ0n) is 13.4. The number of nitrogens with two attached hydrogens (primary N) is 1. The van der Waals surface area contributed by atoms with Crippen molar-refractivity contribution in [1.82, 2.24) is 4.90 Å². The first-order valence-electron chi connectivity index (χ1n) is 8.12. The molecule has 1 atom stereocenters. The normalized spacial score (nSPS) is 21.9. The molecule has 1 fully saturated rings. The quantitative estimate of drug-likeness (QED) is 0.914. The van der Waals surface area contributed by atoms with Gasteiger partial charge in [-0.1, -0.05) is 19.1 Å². The minimum absolute atomic E-state index is 0.0776. The molecular weight excluding hydrogens is 310 g/mol. The van der Waals surface area contributed by atoms with E-state index < -0.39 is 0 Å². The highest BCUT2D eigenvalue weighted by Gasteiger charge is 2.29. The van der Waals surface area contributed by atoms with Crippen molar-refractivity contribution in [2.24, 2.45) is 11.7 Å². The van der Waals surface area contributed by atoms with Gasteiger partial charge in [-0.25, -0.2) is 0 Å². The second-order valence-corrected chi connectivity index (χ2v) is 7.81. The Hall–Kier alpha value is -1.69. The van der Waals surface area contributed by atoms with Crippen LogP contribution in [0.5, 0.6) is 0 Å². The highest BCUT2D eigenvalue weighted by molar-refractivity contribution is 8.00. The van der Waals surface area contributed by atoms with Crippen molar-refractivity contribution in [1.29, 1.82) is 0 Å². The van der Waals surface area contributed by atoms with Crippen LogP contribution in [-0.4, -0.2) is 48.1 Å². The molecule has 3 rings (SSSR count). The fourth-order valence-corrected chi connectivity index (χ4v) is 4.47.